The van der Waals surface area contributed by atoms with Crippen molar-refractivity contribution in [3.8, 4) is 0 Å². The van der Waals surface area contributed by atoms with Crippen LogP contribution in [-0.4, -0.2) is 75.3 Å². The van der Waals surface area contributed by atoms with Crippen LogP contribution in [0.25, 0.3) is 0 Å². The Labute approximate surface area is 157 Å². The van der Waals surface area contributed by atoms with Crippen LogP contribution < -0.4 is 11.5 Å². The van der Waals surface area contributed by atoms with E-state index in [0.717, 1.165) is 12.8 Å². The van der Waals surface area contributed by atoms with Gasteiger partial charge in [-0.1, -0.05) is 20.3 Å². The standard InChI is InChI=1S/C18H37FN4O3/c1-14(2)12-26-18(24)17(22)7-9-23(11-15(19)13-25-3)16(10-21)6-4-5-8-20/h10,14-17,21H,4-9,11-13,20,22H2,1-3H3/t15-,16?,17-/m0/s1. The van der Waals surface area contributed by atoms with Gasteiger partial charge in [-0.05, 0) is 31.7 Å². The van der Waals surface area contributed by atoms with Crippen molar-refractivity contribution in [1.82, 2.24) is 4.90 Å². The number of ether oxygens (including phenoxy) is 2. The number of unbranched alkanes of at least 4 members (excludes halogenated alkanes) is 1. The van der Waals surface area contributed by atoms with Crippen LogP contribution in [0.3, 0.4) is 0 Å². The normalized spacial score (nSPS) is 15.1. The molecule has 0 aliphatic carbocycles. The highest BCUT2D eigenvalue weighted by molar-refractivity contribution is 5.75. The van der Waals surface area contributed by atoms with Crippen molar-refractivity contribution >= 4 is 12.2 Å². The summed E-state index contributed by atoms with van der Waals surface area (Å²) in [4.78, 5) is 13.8. The molecule has 0 aromatic carbocycles. The second-order valence-corrected chi connectivity index (χ2v) is 6.99. The average molecular weight is 377 g/mol. The number of carbonyl (C=O) groups excluding carboxylic acids is 1. The third-order valence-electron chi connectivity index (χ3n) is 3.98. The molecule has 0 aliphatic rings. The maximum absolute atomic E-state index is 14.0. The number of nitrogens with two attached hydrogens (primary N) is 2. The van der Waals surface area contributed by atoms with Crippen LogP contribution in [0.1, 0.15) is 39.5 Å². The molecule has 0 amide bonds. The van der Waals surface area contributed by atoms with Crippen LogP contribution in [0.5, 0.6) is 0 Å². The van der Waals surface area contributed by atoms with Gasteiger partial charge >= 0.3 is 5.97 Å². The number of rotatable bonds is 16. The Bertz CT molecular complexity index is 385. The van der Waals surface area contributed by atoms with Crippen molar-refractivity contribution in [1.29, 1.82) is 5.41 Å². The van der Waals surface area contributed by atoms with Gasteiger partial charge in [0.25, 0.3) is 0 Å². The zero-order valence-electron chi connectivity index (χ0n) is 16.5. The van der Waals surface area contributed by atoms with Crippen LogP contribution in [0.15, 0.2) is 0 Å². The molecule has 0 fully saturated rings. The minimum atomic E-state index is -1.17. The Morgan fingerprint density at radius 3 is 2.50 bits per heavy atom. The molecule has 0 saturated heterocycles. The van der Waals surface area contributed by atoms with Crippen LogP contribution >= 0.6 is 0 Å². The Kier molecular flexibility index (Phi) is 14.4. The molecule has 5 N–H and O–H groups in total. The molecule has 0 aromatic heterocycles. The van der Waals surface area contributed by atoms with E-state index in [9.17, 15) is 9.18 Å². The van der Waals surface area contributed by atoms with Crippen molar-refractivity contribution < 1.29 is 18.7 Å². The number of hydrogen-bond acceptors (Lipinski definition) is 7. The molecule has 0 rings (SSSR count). The summed E-state index contributed by atoms with van der Waals surface area (Å²) in [5.41, 5.74) is 11.4. The van der Waals surface area contributed by atoms with Gasteiger partial charge in [0.1, 0.15) is 12.2 Å². The fourth-order valence-electron chi connectivity index (χ4n) is 2.53. The van der Waals surface area contributed by atoms with Crippen LogP contribution in [0.2, 0.25) is 0 Å². The smallest absolute Gasteiger partial charge is 0.322 e. The number of esters is 1. The van der Waals surface area contributed by atoms with E-state index in [-0.39, 0.29) is 25.1 Å². The lowest BCUT2D eigenvalue weighted by molar-refractivity contribution is -0.146. The fourth-order valence-corrected chi connectivity index (χ4v) is 2.53. The minimum Gasteiger partial charge on any atom is -0.464 e. The number of carbonyl (C=O) groups is 1. The molecule has 3 atom stereocenters. The number of hydrogen-bond donors (Lipinski definition) is 3. The highest BCUT2D eigenvalue weighted by Gasteiger charge is 2.23. The van der Waals surface area contributed by atoms with E-state index in [1.165, 1.54) is 13.3 Å². The van der Waals surface area contributed by atoms with E-state index < -0.39 is 18.2 Å². The summed E-state index contributed by atoms with van der Waals surface area (Å²) in [7, 11) is 1.45. The van der Waals surface area contributed by atoms with E-state index in [2.05, 4.69) is 0 Å². The zero-order chi connectivity index (χ0) is 19.9. The Morgan fingerprint density at radius 2 is 1.96 bits per heavy atom. The van der Waals surface area contributed by atoms with Crippen molar-refractivity contribution in [3.05, 3.63) is 0 Å². The van der Waals surface area contributed by atoms with Gasteiger partial charge < -0.3 is 26.4 Å². The summed E-state index contributed by atoms with van der Waals surface area (Å²) in [6, 6.07) is -0.970. The van der Waals surface area contributed by atoms with Crippen molar-refractivity contribution in [2.45, 2.75) is 57.8 Å². The molecule has 1 unspecified atom stereocenters. The predicted molar refractivity (Wildman–Crippen MR) is 102 cm³/mol. The molecule has 0 spiro atoms. The monoisotopic (exact) mass is 376 g/mol. The summed E-state index contributed by atoms with van der Waals surface area (Å²) in [5.74, 6) is -0.198. The average Bonchev–Trinajstić information content (AvgIpc) is 2.60. The molecule has 0 heterocycles. The molecule has 0 aromatic rings. The summed E-state index contributed by atoms with van der Waals surface area (Å²) >= 11 is 0. The van der Waals surface area contributed by atoms with Crippen molar-refractivity contribution in [3.63, 3.8) is 0 Å². The van der Waals surface area contributed by atoms with Gasteiger partial charge in [-0.25, -0.2) is 4.39 Å². The first-order chi connectivity index (χ1) is 12.3. The van der Waals surface area contributed by atoms with Crippen LogP contribution in [-0.2, 0) is 14.3 Å². The van der Waals surface area contributed by atoms with Crippen LogP contribution in [0.4, 0.5) is 4.39 Å². The molecule has 26 heavy (non-hydrogen) atoms. The third kappa shape index (κ3) is 11.5. The van der Waals surface area contributed by atoms with Crippen LogP contribution in [0, 0.1) is 11.3 Å². The van der Waals surface area contributed by atoms with Crippen molar-refractivity contribution in [2.24, 2.45) is 17.4 Å². The van der Waals surface area contributed by atoms with E-state index >= 15 is 0 Å². The summed E-state index contributed by atoms with van der Waals surface area (Å²) in [6.45, 7) is 5.36. The molecule has 0 bridgehead atoms. The van der Waals surface area contributed by atoms with Gasteiger partial charge in [-0.3, -0.25) is 9.69 Å². The lowest BCUT2D eigenvalue weighted by atomic mass is 10.1. The highest BCUT2D eigenvalue weighted by Crippen LogP contribution is 2.11. The van der Waals surface area contributed by atoms with Gasteiger partial charge in [-0.15, -0.1) is 0 Å². The summed E-state index contributed by atoms with van der Waals surface area (Å²) in [6.07, 6.45) is 2.93. The molecule has 0 saturated carbocycles. The number of halogens is 1. The van der Waals surface area contributed by atoms with E-state index in [4.69, 9.17) is 26.4 Å². The molecule has 8 heteroatoms. The molecule has 0 radical (unpaired) electrons. The first kappa shape index (κ1) is 24.9. The molecule has 154 valence electrons. The Hall–Kier alpha value is -1.09. The zero-order valence-corrected chi connectivity index (χ0v) is 16.5. The lowest BCUT2D eigenvalue weighted by Crippen LogP contribution is -2.45. The maximum atomic E-state index is 14.0. The van der Waals surface area contributed by atoms with Gasteiger partial charge in [0, 0.05) is 32.5 Å². The van der Waals surface area contributed by atoms with E-state index in [1.54, 1.807) is 0 Å². The first-order valence-corrected chi connectivity index (χ1v) is 9.35. The van der Waals surface area contributed by atoms with E-state index in [0.29, 0.717) is 32.5 Å². The number of nitrogens with one attached hydrogen (secondary N) is 1. The fraction of sp³-hybridized carbons (Fsp3) is 0.889. The first-order valence-electron chi connectivity index (χ1n) is 9.35. The summed E-state index contributed by atoms with van der Waals surface area (Å²) in [5, 5.41) is 7.68. The van der Waals surface area contributed by atoms with Crippen molar-refractivity contribution in [2.75, 3.05) is 40.0 Å². The Balaban J connectivity index is 4.71. The third-order valence-corrected chi connectivity index (χ3v) is 3.98. The van der Waals surface area contributed by atoms with Gasteiger partial charge in [0.15, 0.2) is 0 Å². The molecular formula is C18H37FN4O3. The summed E-state index contributed by atoms with van der Waals surface area (Å²) < 4.78 is 24.1. The SMILES string of the molecule is COC[C@@H](F)CN(CC[C@H](N)C(=O)OCC(C)C)C(C=N)CCCCN. The second kappa shape index (κ2) is 15.0. The molecular weight excluding hydrogens is 339 g/mol. The molecule has 0 aliphatic heterocycles. The largest absolute Gasteiger partial charge is 0.464 e. The molecule has 7 nitrogen and oxygen atoms in total. The maximum Gasteiger partial charge on any atom is 0.322 e. The van der Waals surface area contributed by atoms with Gasteiger partial charge in [0.2, 0.25) is 0 Å². The van der Waals surface area contributed by atoms with Gasteiger partial charge in [0.05, 0.1) is 13.2 Å². The second-order valence-electron chi connectivity index (χ2n) is 6.99. The van der Waals surface area contributed by atoms with Gasteiger partial charge in [-0.2, -0.15) is 0 Å². The van der Waals surface area contributed by atoms with E-state index in [1.807, 2.05) is 18.7 Å². The quantitative estimate of drug-likeness (QED) is 0.213. The lowest BCUT2D eigenvalue weighted by Gasteiger charge is -2.31. The topological polar surface area (TPSA) is 115 Å². The number of nitrogens with zero attached hydrogens (tertiary/aromatic N) is 1. The number of alkyl halides is 1. The number of methoxy groups -OCH3 is 1. The predicted octanol–water partition coefficient (Wildman–Crippen LogP) is 1.34. The Morgan fingerprint density at radius 1 is 1.27 bits per heavy atom. The highest BCUT2D eigenvalue weighted by atomic mass is 19.1. The minimum absolute atomic E-state index is 0.00744.